The Morgan fingerprint density at radius 1 is 1.18 bits per heavy atom. The van der Waals surface area contributed by atoms with Crippen molar-refractivity contribution in [3.05, 3.63) is 35.4 Å². The smallest absolute Gasteiger partial charge is 0.357 e. The van der Waals surface area contributed by atoms with E-state index in [9.17, 15) is 13.2 Å². The van der Waals surface area contributed by atoms with Gasteiger partial charge in [-0.1, -0.05) is 12.1 Å². The fourth-order valence-corrected chi connectivity index (χ4v) is 1.89. The first-order chi connectivity index (χ1) is 9.97. The zero-order chi connectivity index (χ0) is 15.7. The summed E-state index contributed by atoms with van der Waals surface area (Å²) in [5, 5.41) is 6.26. The third-order valence-electron chi connectivity index (χ3n) is 2.64. The topological polar surface area (TPSA) is 36.4 Å². The van der Waals surface area contributed by atoms with Crippen molar-refractivity contribution in [2.24, 2.45) is 4.99 Å². The van der Waals surface area contributed by atoms with Crippen LogP contribution >= 0.6 is 35.7 Å². The average Bonchev–Trinajstić information content (AvgIpc) is 2.44. The number of guanidine groups is 1. The van der Waals surface area contributed by atoms with Gasteiger partial charge in [0.2, 0.25) is 0 Å². The molecule has 0 heterocycles. The molecule has 0 aliphatic rings. The molecule has 0 amide bonds. The van der Waals surface area contributed by atoms with Crippen LogP contribution in [0.3, 0.4) is 0 Å². The molecular formula is C14H21F3IN3S. The van der Waals surface area contributed by atoms with E-state index in [1.807, 2.05) is 13.2 Å². The summed E-state index contributed by atoms with van der Waals surface area (Å²) in [5.41, 5.74) is 0.102. The number of aliphatic imine (C=N–C) groups is 1. The molecule has 8 heteroatoms. The van der Waals surface area contributed by atoms with Crippen LogP contribution in [0.1, 0.15) is 18.1 Å². The Labute approximate surface area is 150 Å². The van der Waals surface area contributed by atoms with E-state index < -0.39 is 11.7 Å². The molecule has 22 heavy (non-hydrogen) atoms. The summed E-state index contributed by atoms with van der Waals surface area (Å²) < 4.78 is 37.4. The molecule has 126 valence electrons. The molecule has 0 bridgehead atoms. The number of alkyl halides is 3. The molecule has 0 atom stereocenters. The van der Waals surface area contributed by atoms with Crippen LogP contribution in [0.25, 0.3) is 0 Å². The van der Waals surface area contributed by atoms with Gasteiger partial charge in [0.15, 0.2) is 5.96 Å². The Bertz CT molecular complexity index is 450. The Morgan fingerprint density at radius 2 is 1.82 bits per heavy atom. The highest BCUT2D eigenvalue weighted by Gasteiger charge is 2.29. The zero-order valence-electron chi connectivity index (χ0n) is 12.5. The van der Waals surface area contributed by atoms with Crippen molar-refractivity contribution in [2.75, 3.05) is 25.1 Å². The first-order valence-corrected chi connectivity index (χ1v) is 8.04. The van der Waals surface area contributed by atoms with Crippen LogP contribution in [0.4, 0.5) is 13.2 Å². The van der Waals surface area contributed by atoms with Crippen LogP contribution < -0.4 is 10.6 Å². The second-order valence-electron chi connectivity index (χ2n) is 4.31. The van der Waals surface area contributed by atoms with Gasteiger partial charge in [-0.15, -0.1) is 24.0 Å². The maximum absolute atomic E-state index is 12.5. The predicted molar refractivity (Wildman–Crippen MR) is 98.1 cm³/mol. The third kappa shape index (κ3) is 8.11. The number of nitrogens with zero attached hydrogens (tertiary/aromatic N) is 1. The SMILES string of the molecule is CCNC(=NCc1ccc(C(F)(F)F)cc1)NCCSC.I. The van der Waals surface area contributed by atoms with E-state index in [1.54, 1.807) is 11.8 Å². The summed E-state index contributed by atoms with van der Waals surface area (Å²) in [6.07, 6.45) is -2.27. The predicted octanol–water partition coefficient (Wildman–Crippen LogP) is 3.74. The van der Waals surface area contributed by atoms with Gasteiger partial charge >= 0.3 is 6.18 Å². The Balaban J connectivity index is 0.00000441. The van der Waals surface area contributed by atoms with Crippen LogP contribution in [-0.2, 0) is 12.7 Å². The molecule has 0 aliphatic heterocycles. The number of hydrogen-bond acceptors (Lipinski definition) is 2. The summed E-state index contributed by atoms with van der Waals surface area (Å²) in [6, 6.07) is 5.08. The first kappa shape index (κ1) is 21.4. The summed E-state index contributed by atoms with van der Waals surface area (Å²) in [4.78, 5) is 4.35. The lowest BCUT2D eigenvalue weighted by Crippen LogP contribution is -2.38. The molecule has 0 aromatic heterocycles. The number of benzene rings is 1. The van der Waals surface area contributed by atoms with Gasteiger partial charge in [0.05, 0.1) is 12.1 Å². The molecule has 0 saturated carbocycles. The van der Waals surface area contributed by atoms with E-state index in [0.29, 0.717) is 12.5 Å². The Kier molecular flexibility index (Phi) is 10.7. The highest BCUT2D eigenvalue weighted by Crippen LogP contribution is 2.29. The fraction of sp³-hybridized carbons (Fsp3) is 0.500. The summed E-state index contributed by atoms with van der Waals surface area (Å²) >= 11 is 1.73. The minimum absolute atomic E-state index is 0. The van der Waals surface area contributed by atoms with Gasteiger partial charge in [0, 0.05) is 18.8 Å². The Hall–Kier alpha value is -0.640. The Morgan fingerprint density at radius 3 is 2.32 bits per heavy atom. The molecular weight excluding hydrogens is 426 g/mol. The lowest BCUT2D eigenvalue weighted by Gasteiger charge is -2.11. The highest BCUT2D eigenvalue weighted by atomic mass is 127. The van der Waals surface area contributed by atoms with Crippen LogP contribution in [0.15, 0.2) is 29.3 Å². The molecule has 0 aliphatic carbocycles. The lowest BCUT2D eigenvalue weighted by atomic mass is 10.1. The van der Waals surface area contributed by atoms with Crippen LogP contribution in [0, 0.1) is 0 Å². The van der Waals surface area contributed by atoms with E-state index in [-0.39, 0.29) is 24.0 Å². The molecule has 0 spiro atoms. The van der Waals surface area contributed by atoms with Crippen molar-refractivity contribution in [3.63, 3.8) is 0 Å². The molecule has 0 saturated heterocycles. The van der Waals surface area contributed by atoms with Gasteiger partial charge < -0.3 is 10.6 Å². The number of rotatable bonds is 6. The van der Waals surface area contributed by atoms with Crippen molar-refractivity contribution in [3.8, 4) is 0 Å². The van der Waals surface area contributed by atoms with Gasteiger partial charge in [-0.2, -0.15) is 24.9 Å². The van der Waals surface area contributed by atoms with Crippen LogP contribution in [0.2, 0.25) is 0 Å². The monoisotopic (exact) mass is 447 g/mol. The van der Waals surface area contributed by atoms with Crippen LogP contribution in [-0.4, -0.2) is 31.1 Å². The first-order valence-electron chi connectivity index (χ1n) is 6.64. The second kappa shape index (κ2) is 11.0. The molecule has 1 rings (SSSR count). The highest BCUT2D eigenvalue weighted by molar-refractivity contribution is 14.0. The van der Waals surface area contributed by atoms with Crippen molar-refractivity contribution in [1.82, 2.24) is 10.6 Å². The third-order valence-corrected chi connectivity index (χ3v) is 3.26. The van der Waals surface area contributed by atoms with Gasteiger partial charge in [-0.25, -0.2) is 4.99 Å². The van der Waals surface area contributed by atoms with Gasteiger partial charge in [0.1, 0.15) is 0 Å². The summed E-state index contributed by atoms with van der Waals surface area (Å²) in [6.45, 7) is 3.83. The molecule has 1 aromatic rings. The van der Waals surface area contributed by atoms with Crippen molar-refractivity contribution >= 4 is 41.7 Å². The van der Waals surface area contributed by atoms with E-state index in [2.05, 4.69) is 15.6 Å². The largest absolute Gasteiger partial charge is 0.416 e. The van der Waals surface area contributed by atoms with Gasteiger partial charge in [-0.05, 0) is 30.9 Å². The fourth-order valence-electron chi connectivity index (χ4n) is 1.58. The van der Waals surface area contributed by atoms with Crippen molar-refractivity contribution in [1.29, 1.82) is 0 Å². The summed E-state index contributed by atoms with van der Waals surface area (Å²) in [7, 11) is 0. The number of nitrogens with one attached hydrogen (secondary N) is 2. The molecule has 1 aromatic carbocycles. The minimum Gasteiger partial charge on any atom is -0.357 e. The van der Waals surface area contributed by atoms with Crippen molar-refractivity contribution < 1.29 is 13.2 Å². The molecule has 0 radical (unpaired) electrons. The van der Waals surface area contributed by atoms with Gasteiger partial charge in [-0.3, -0.25) is 0 Å². The molecule has 2 N–H and O–H groups in total. The number of halogens is 4. The zero-order valence-corrected chi connectivity index (χ0v) is 15.7. The normalized spacial score (nSPS) is 11.8. The lowest BCUT2D eigenvalue weighted by molar-refractivity contribution is -0.137. The number of thioether (sulfide) groups is 1. The van der Waals surface area contributed by atoms with E-state index >= 15 is 0 Å². The molecule has 0 fully saturated rings. The van der Waals surface area contributed by atoms with Crippen molar-refractivity contribution in [2.45, 2.75) is 19.6 Å². The van der Waals surface area contributed by atoms with E-state index in [4.69, 9.17) is 0 Å². The van der Waals surface area contributed by atoms with Crippen LogP contribution in [0.5, 0.6) is 0 Å². The molecule has 0 unspecified atom stereocenters. The maximum atomic E-state index is 12.5. The standard InChI is InChI=1S/C14H20F3N3S.HI/c1-3-18-13(19-8-9-21-2)20-10-11-4-6-12(7-5-11)14(15,16)17;/h4-7H,3,8-10H2,1-2H3,(H2,18,19,20);1H. The van der Waals surface area contributed by atoms with E-state index in [1.165, 1.54) is 12.1 Å². The molecule has 3 nitrogen and oxygen atoms in total. The quantitative estimate of drug-likeness (QED) is 0.302. The average molecular weight is 447 g/mol. The summed E-state index contributed by atoms with van der Waals surface area (Å²) in [5.74, 6) is 1.64. The second-order valence-corrected chi connectivity index (χ2v) is 5.30. The minimum atomic E-state index is -4.30. The maximum Gasteiger partial charge on any atom is 0.416 e. The van der Waals surface area contributed by atoms with Gasteiger partial charge in [0.25, 0.3) is 0 Å². The van der Waals surface area contributed by atoms with E-state index in [0.717, 1.165) is 36.5 Å². The number of hydrogen-bond donors (Lipinski definition) is 2.